The standard InChI is InChI=1S/C13H17NO3/c1-13(2)9(10(13)12(16)17)11(15)14-6-7-3-4-8(14)5-7/h3-4,7-10H,5-6H2,1-2H3,(H,16,17)/t7-,8-,9+,10-/m0/s1. The van der Waals surface area contributed by atoms with Crippen LogP contribution in [0.4, 0.5) is 0 Å². The molecule has 17 heavy (non-hydrogen) atoms. The molecular formula is C13H17NO3. The van der Waals surface area contributed by atoms with E-state index in [0.717, 1.165) is 13.0 Å². The minimum absolute atomic E-state index is 0.0410. The molecule has 3 aliphatic rings. The molecule has 0 spiro atoms. The molecule has 0 aromatic heterocycles. The first-order valence-electron chi connectivity index (χ1n) is 6.14. The van der Waals surface area contributed by atoms with Crippen LogP contribution >= 0.6 is 0 Å². The highest BCUT2D eigenvalue weighted by Gasteiger charge is 2.67. The predicted molar refractivity (Wildman–Crippen MR) is 61.1 cm³/mol. The number of carbonyl (C=O) groups excluding carboxylic acids is 1. The van der Waals surface area contributed by atoms with Crippen molar-refractivity contribution in [1.29, 1.82) is 0 Å². The molecule has 4 nitrogen and oxygen atoms in total. The molecule has 1 heterocycles. The van der Waals surface area contributed by atoms with E-state index in [9.17, 15) is 9.59 Å². The monoisotopic (exact) mass is 235 g/mol. The molecule has 1 aliphatic heterocycles. The zero-order chi connectivity index (χ0) is 12.4. The number of hydrogen-bond donors (Lipinski definition) is 1. The molecule has 0 aromatic rings. The number of amides is 1. The van der Waals surface area contributed by atoms with Gasteiger partial charge in [0.2, 0.25) is 5.91 Å². The van der Waals surface area contributed by atoms with Crippen LogP contribution in [0.2, 0.25) is 0 Å². The first kappa shape index (κ1) is 10.8. The normalized spacial score (nSPS) is 40.7. The molecule has 4 atom stereocenters. The number of carbonyl (C=O) groups is 2. The summed E-state index contributed by atoms with van der Waals surface area (Å²) in [5.74, 6) is -1.13. The average Bonchev–Trinajstić information content (AvgIpc) is 2.67. The lowest BCUT2D eigenvalue weighted by atomic mass is 10.1. The predicted octanol–water partition coefficient (Wildman–Crippen LogP) is 1.13. The molecule has 2 bridgehead atoms. The summed E-state index contributed by atoms with van der Waals surface area (Å²) in [5, 5.41) is 9.10. The van der Waals surface area contributed by atoms with Crippen molar-refractivity contribution in [1.82, 2.24) is 4.90 Å². The van der Waals surface area contributed by atoms with Gasteiger partial charge < -0.3 is 10.0 Å². The Morgan fingerprint density at radius 1 is 1.29 bits per heavy atom. The van der Waals surface area contributed by atoms with Crippen molar-refractivity contribution in [2.75, 3.05) is 6.54 Å². The number of carboxylic acid groups (broad SMARTS) is 1. The molecule has 0 aromatic carbocycles. The van der Waals surface area contributed by atoms with Crippen molar-refractivity contribution >= 4 is 11.9 Å². The lowest BCUT2D eigenvalue weighted by Gasteiger charge is -2.24. The quantitative estimate of drug-likeness (QED) is 0.730. The fraction of sp³-hybridized carbons (Fsp3) is 0.692. The van der Waals surface area contributed by atoms with Crippen LogP contribution in [0.25, 0.3) is 0 Å². The highest BCUT2D eigenvalue weighted by Crippen LogP contribution is 2.59. The van der Waals surface area contributed by atoms with Gasteiger partial charge in [0.05, 0.1) is 17.9 Å². The van der Waals surface area contributed by atoms with Gasteiger partial charge in [0.1, 0.15) is 0 Å². The minimum Gasteiger partial charge on any atom is -0.481 e. The van der Waals surface area contributed by atoms with Crippen LogP contribution in [0.15, 0.2) is 12.2 Å². The molecule has 1 saturated heterocycles. The Kier molecular flexibility index (Phi) is 1.98. The Hall–Kier alpha value is -1.32. The maximum atomic E-state index is 12.4. The molecule has 0 unspecified atom stereocenters. The van der Waals surface area contributed by atoms with E-state index in [-0.39, 0.29) is 23.3 Å². The molecule has 2 fully saturated rings. The number of carboxylic acids is 1. The van der Waals surface area contributed by atoms with Crippen molar-refractivity contribution in [2.45, 2.75) is 26.3 Å². The zero-order valence-electron chi connectivity index (χ0n) is 10.1. The Balaban J connectivity index is 1.77. The third kappa shape index (κ3) is 1.36. The number of nitrogens with zero attached hydrogens (tertiary/aromatic N) is 1. The molecule has 92 valence electrons. The Labute approximate surface area is 100 Å². The van der Waals surface area contributed by atoms with E-state index in [1.54, 1.807) is 0 Å². The molecule has 1 saturated carbocycles. The largest absolute Gasteiger partial charge is 0.481 e. The smallest absolute Gasteiger partial charge is 0.307 e. The summed E-state index contributed by atoms with van der Waals surface area (Å²) in [4.78, 5) is 25.3. The maximum absolute atomic E-state index is 12.4. The number of aliphatic carboxylic acids is 1. The van der Waals surface area contributed by atoms with Crippen molar-refractivity contribution in [3.8, 4) is 0 Å². The number of rotatable bonds is 2. The molecule has 0 radical (unpaired) electrons. The Bertz CT molecular complexity index is 426. The van der Waals surface area contributed by atoms with Crippen molar-refractivity contribution in [2.24, 2.45) is 23.2 Å². The fourth-order valence-electron chi connectivity index (χ4n) is 3.50. The van der Waals surface area contributed by atoms with E-state index < -0.39 is 11.9 Å². The summed E-state index contributed by atoms with van der Waals surface area (Å²) in [6.07, 6.45) is 5.27. The molecule has 1 N–H and O–H groups in total. The van der Waals surface area contributed by atoms with Gasteiger partial charge >= 0.3 is 5.97 Å². The van der Waals surface area contributed by atoms with Crippen LogP contribution in [0.5, 0.6) is 0 Å². The van der Waals surface area contributed by atoms with Gasteiger partial charge in [0.25, 0.3) is 0 Å². The average molecular weight is 235 g/mol. The molecule has 3 rings (SSSR count). The second-order valence-electron chi connectivity index (χ2n) is 6.05. The topological polar surface area (TPSA) is 57.6 Å². The van der Waals surface area contributed by atoms with Crippen molar-refractivity contribution < 1.29 is 14.7 Å². The molecular weight excluding hydrogens is 218 g/mol. The second kappa shape index (κ2) is 3.12. The first-order valence-corrected chi connectivity index (χ1v) is 6.14. The van der Waals surface area contributed by atoms with Crippen molar-refractivity contribution in [3.63, 3.8) is 0 Å². The lowest BCUT2D eigenvalue weighted by Crippen LogP contribution is -2.38. The van der Waals surface area contributed by atoms with Gasteiger partial charge in [0.15, 0.2) is 0 Å². The number of likely N-dealkylation sites (tertiary alicyclic amines) is 1. The van der Waals surface area contributed by atoms with E-state index in [1.165, 1.54) is 0 Å². The van der Waals surface area contributed by atoms with Gasteiger partial charge in [-0.25, -0.2) is 0 Å². The minimum atomic E-state index is -0.840. The van der Waals surface area contributed by atoms with Gasteiger partial charge in [0, 0.05) is 6.54 Å². The van der Waals surface area contributed by atoms with E-state index in [2.05, 4.69) is 12.2 Å². The van der Waals surface area contributed by atoms with Gasteiger partial charge in [-0.05, 0) is 17.8 Å². The van der Waals surface area contributed by atoms with Crippen LogP contribution in [-0.4, -0.2) is 34.5 Å². The maximum Gasteiger partial charge on any atom is 0.307 e. The van der Waals surface area contributed by atoms with E-state index in [4.69, 9.17) is 5.11 Å². The van der Waals surface area contributed by atoms with E-state index in [1.807, 2.05) is 18.7 Å². The van der Waals surface area contributed by atoms with E-state index >= 15 is 0 Å². The zero-order valence-corrected chi connectivity index (χ0v) is 10.1. The number of hydrogen-bond acceptors (Lipinski definition) is 2. The van der Waals surface area contributed by atoms with Crippen LogP contribution in [0.1, 0.15) is 20.3 Å². The van der Waals surface area contributed by atoms with Gasteiger partial charge in [-0.15, -0.1) is 0 Å². The van der Waals surface area contributed by atoms with Crippen LogP contribution < -0.4 is 0 Å². The summed E-state index contributed by atoms with van der Waals surface area (Å²) in [5.41, 5.74) is -0.380. The lowest BCUT2D eigenvalue weighted by molar-refractivity contribution is -0.142. The molecule has 4 heteroatoms. The highest BCUT2D eigenvalue weighted by atomic mass is 16.4. The van der Waals surface area contributed by atoms with Gasteiger partial charge in [-0.2, -0.15) is 0 Å². The van der Waals surface area contributed by atoms with Gasteiger partial charge in [-0.1, -0.05) is 26.0 Å². The number of fused-ring (bicyclic) bond motifs is 2. The summed E-state index contributed by atoms with van der Waals surface area (Å²) in [6, 6.07) is 0.221. The van der Waals surface area contributed by atoms with E-state index in [0.29, 0.717) is 5.92 Å². The third-order valence-corrected chi connectivity index (χ3v) is 4.62. The summed E-state index contributed by atoms with van der Waals surface area (Å²) in [6.45, 7) is 4.52. The van der Waals surface area contributed by atoms with Crippen LogP contribution in [0.3, 0.4) is 0 Å². The first-order chi connectivity index (χ1) is 7.93. The molecule has 1 amide bonds. The SMILES string of the molecule is CC1(C)[C@H](C(=O)O)[C@@H]1C(=O)N1C[C@H]2C=C[C@H]1C2. The Morgan fingerprint density at radius 2 is 2.00 bits per heavy atom. The highest BCUT2D eigenvalue weighted by molar-refractivity contribution is 5.92. The summed E-state index contributed by atoms with van der Waals surface area (Å²) < 4.78 is 0. The third-order valence-electron chi connectivity index (χ3n) is 4.62. The summed E-state index contributed by atoms with van der Waals surface area (Å²) >= 11 is 0. The van der Waals surface area contributed by atoms with Crippen LogP contribution in [-0.2, 0) is 9.59 Å². The fourth-order valence-corrected chi connectivity index (χ4v) is 3.50. The van der Waals surface area contributed by atoms with Gasteiger partial charge in [-0.3, -0.25) is 9.59 Å². The second-order valence-corrected chi connectivity index (χ2v) is 6.05. The van der Waals surface area contributed by atoms with Crippen LogP contribution in [0, 0.1) is 23.2 Å². The van der Waals surface area contributed by atoms with Crippen molar-refractivity contribution in [3.05, 3.63) is 12.2 Å². The molecule has 2 aliphatic carbocycles. The summed E-state index contributed by atoms with van der Waals surface area (Å²) in [7, 11) is 0. The Morgan fingerprint density at radius 3 is 2.41 bits per heavy atom.